The van der Waals surface area contributed by atoms with E-state index in [9.17, 15) is 9.59 Å². The smallest absolute Gasteiger partial charge is 0.253 e. The lowest BCUT2D eigenvalue weighted by Gasteiger charge is -2.22. The number of aromatic nitrogens is 2. The molecule has 0 radical (unpaired) electrons. The second-order valence-corrected chi connectivity index (χ2v) is 9.57. The first-order chi connectivity index (χ1) is 17.5. The highest BCUT2D eigenvalue weighted by molar-refractivity contribution is 6.31. The summed E-state index contributed by atoms with van der Waals surface area (Å²) in [7, 11) is 2.13. The fourth-order valence-electron chi connectivity index (χ4n) is 4.61. The summed E-state index contributed by atoms with van der Waals surface area (Å²) < 4.78 is 0. The minimum absolute atomic E-state index is 0.158. The Kier molecular flexibility index (Phi) is 7.02. The van der Waals surface area contributed by atoms with Gasteiger partial charge in [-0.15, -0.1) is 0 Å². The molecule has 2 N–H and O–H groups in total. The molecule has 1 unspecified atom stereocenters. The second kappa shape index (κ2) is 10.5. The molecule has 0 bridgehead atoms. The van der Waals surface area contributed by atoms with E-state index in [0.29, 0.717) is 27.1 Å². The summed E-state index contributed by atoms with van der Waals surface area (Å²) in [4.78, 5) is 39.0. The maximum absolute atomic E-state index is 13.4. The molecule has 5 rings (SSSR count). The largest absolute Gasteiger partial charge is 0.361 e. The van der Waals surface area contributed by atoms with Crippen molar-refractivity contribution in [3.63, 3.8) is 0 Å². The Balaban J connectivity index is 1.43. The number of fused-ring (bicyclic) bond motifs is 1. The van der Waals surface area contributed by atoms with Gasteiger partial charge in [-0.3, -0.25) is 9.59 Å². The number of halogens is 1. The van der Waals surface area contributed by atoms with E-state index in [1.54, 1.807) is 36.7 Å². The summed E-state index contributed by atoms with van der Waals surface area (Å²) in [5.41, 5.74) is 2.18. The van der Waals surface area contributed by atoms with Crippen LogP contribution in [0.15, 0.2) is 77.9 Å². The lowest BCUT2D eigenvalue weighted by molar-refractivity contribution is 0.0942. The topological polar surface area (TPSA) is 81.3 Å². The number of pyridine rings is 2. The van der Waals surface area contributed by atoms with Crippen molar-refractivity contribution in [2.45, 2.75) is 12.5 Å². The number of rotatable bonds is 5. The van der Waals surface area contributed by atoms with Crippen molar-refractivity contribution in [3.8, 4) is 0 Å². The fourth-order valence-corrected chi connectivity index (χ4v) is 4.78. The van der Waals surface area contributed by atoms with Gasteiger partial charge >= 0.3 is 0 Å². The zero-order valence-corrected chi connectivity index (χ0v) is 20.8. The highest BCUT2D eigenvalue weighted by atomic mass is 35.5. The zero-order chi connectivity index (χ0) is 25.1. The number of likely N-dealkylation sites (N-methyl/N-ethyl adjacent to an activating group) is 1. The standard InChI is InChI=1S/C28H28ClN5O2/c1-33-12-5-13-34(15-14-33)25-11-8-20(17-31-25)28(36)32-26(19-6-3-2-4-7-19)23-18-30-24-16-21(29)9-10-22(24)27(23)35/h2-4,6-11,16-18,26H,5,12-15H2,1H3,(H,30,35)(H,32,36). The quantitative estimate of drug-likeness (QED) is 0.427. The molecule has 1 fully saturated rings. The van der Waals surface area contributed by atoms with Gasteiger partial charge < -0.3 is 20.1 Å². The van der Waals surface area contributed by atoms with E-state index in [1.807, 2.05) is 36.4 Å². The predicted octanol–water partition coefficient (Wildman–Crippen LogP) is 4.24. The Morgan fingerprint density at radius 2 is 1.89 bits per heavy atom. The van der Waals surface area contributed by atoms with Gasteiger partial charge in [0.2, 0.25) is 0 Å². The monoisotopic (exact) mass is 501 g/mol. The molecule has 3 heterocycles. The first kappa shape index (κ1) is 24.0. The number of amides is 1. The van der Waals surface area contributed by atoms with Gasteiger partial charge in [-0.1, -0.05) is 41.9 Å². The Labute approximate surface area is 214 Å². The zero-order valence-electron chi connectivity index (χ0n) is 20.1. The van der Waals surface area contributed by atoms with Crippen molar-refractivity contribution < 1.29 is 4.79 Å². The molecule has 0 saturated carbocycles. The molecule has 36 heavy (non-hydrogen) atoms. The van der Waals surface area contributed by atoms with E-state index in [-0.39, 0.29) is 11.3 Å². The number of H-pyrrole nitrogens is 1. The van der Waals surface area contributed by atoms with Crippen LogP contribution in [0.2, 0.25) is 5.02 Å². The van der Waals surface area contributed by atoms with Gasteiger partial charge in [-0.2, -0.15) is 0 Å². The van der Waals surface area contributed by atoms with Crippen molar-refractivity contribution in [2.24, 2.45) is 0 Å². The van der Waals surface area contributed by atoms with Gasteiger partial charge in [0.15, 0.2) is 5.43 Å². The summed E-state index contributed by atoms with van der Waals surface area (Å²) in [6.07, 6.45) is 4.33. The van der Waals surface area contributed by atoms with Crippen LogP contribution in [0.1, 0.15) is 33.9 Å². The van der Waals surface area contributed by atoms with E-state index >= 15 is 0 Å². The summed E-state index contributed by atoms with van der Waals surface area (Å²) in [6.45, 7) is 3.89. The van der Waals surface area contributed by atoms with E-state index in [4.69, 9.17) is 11.6 Å². The molecular formula is C28H28ClN5O2. The van der Waals surface area contributed by atoms with Crippen molar-refractivity contribution in [1.29, 1.82) is 0 Å². The molecule has 1 saturated heterocycles. The lowest BCUT2D eigenvalue weighted by Crippen LogP contribution is -2.33. The number of benzene rings is 2. The Morgan fingerprint density at radius 1 is 1.06 bits per heavy atom. The number of anilines is 1. The van der Waals surface area contributed by atoms with Gasteiger partial charge in [0, 0.05) is 48.0 Å². The molecule has 7 nitrogen and oxygen atoms in total. The molecule has 1 aliphatic rings. The first-order valence-electron chi connectivity index (χ1n) is 12.1. The average Bonchev–Trinajstić information content (AvgIpc) is 3.12. The van der Waals surface area contributed by atoms with Crippen LogP contribution in [0.25, 0.3) is 10.9 Å². The van der Waals surface area contributed by atoms with Crippen LogP contribution in [0, 0.1) is 0 Å². The summed E-state index contributed by atoms with van der Waals surface area (Å²) >= 11 is 6.09. The van der Waals surface area contributed by atoms with Crippen molar-refractivity contribution in [3.05, 3.63) is 105 Å². The molecular weight excluding hydrogens is 474 g/mol. The van der Waals surface area contributed by atoms with Crippen molar-refractivity contribution in [1.82, 2.24) is 20.2 Å². The minimum atomic E-state index is -0.636. The predicted molar refractivity (Wildman–Crippen MR) is 144 cm³/mol. The van der Waals surface area contributed by atoms with E-state index in [2.05, 4.69) is 32.1 Å². The summed E-state index contributed by atoms with van der Waals surface area (Å²) in [6, 6.07) is 17.6. The van der Waals surface area contributed by atoms with Gasteiger partial charge in [-0.25, -0.2) is 4.98 Å². The minimum Gasteiger partial charge on any atom is -0.361 e. The van der Waals surface area contributed by atoms with Crippen LogP contribution in [-0.2, 0) is 0 Å². The highest BCUT2D eigenvalue weighted by Gasteiger charge is 2.22. The molecule has 1 aliphatic heterocycles. The molecule has 1 amide bonds. The average molecular weight is 502 g/mol. The number of aromatic amines is 1. The first-order valence-corrected chi connectivity index (χ1v) is 12.4. The van der Waals surface area contributed by atoms with Gasteiger partial charge in [0.05, 0.1) is 17.1 Å². The molecule has 0 aliphatic carbocycles. The number of nitrogens with zero attached hydrogens (tertiary/aromatic N) is 3. The number of carbonyl (C=O) groups is 1. The van der Waals surface area contributed by atoms with Gasteiger partial charge in [0.25, 0.3) is 5.91 Å². The number of hydrogen-bond acceptors (Lipinski definition) is 5. The van der Waals surface area contributed by atoms with E-state index in [0.717, 1.165) is 44.0 Å². The molecule has 0 spiro atoms. The number of carbonyl (C=O) groups excluding carboxylic acids is 1. The third-order valence-electron chi connectivity index (χ3n) is 6.64. The summed E-state index contributed by atoms with van der Waals surface area (Å²) in [5.74, 6) is 0.570. The van der Waals surface area contributed by atoms with E-state index in [1.165, 1.54) is 0 Å². The fraction of sp³-hybridized carbons (Fsp3) is 0.250. The molecule has 2 aromatic carbocycles. The molecule has 1 atom stereocenters. The van der Waals surface area contributed by atoms with Crippen LogP contribution < -0.4 is 15.6 Å². The van der Waals surface area contributed by atoms with Gasteiger partial charge in [-0.05, 0) is 55.9 Å². The van der Waals surface area contributed by atoms with Crippen LogP contribution in [-0.4, -0.2) is 54.0 Å². The van der Waals surface area contributed by atoms with Crippen LogP contribution in [0.3, 0.4) is 0 Å². The SMILES string of the molecule is CN1CCCN(c2ccc(C(=O)NC(c3ccccc3)c3c[nH]c4cc(Cl)ccc4c3=O)cn2)CC1. The Hall–Kier alpha value is -3.68. The Morgan fingerprint density at radius 3 is 2.67 bits per heavy atom. The summed E-state index contributed by atoms with van der Waals surface area (Å²) in [5, 5.41) is 4.11. The number of nitrogens with one attached hydrogen (secondary N) is 2. The maximum Gasteiger partial charge on any atom is 0.253 e. The third-order valence-corrected chi connectivity index (χ3v) is 6.88. The van der Waals surface area contributed by atoms with Crippen LogP contribution in [0.5, 0.6) is 0 Å². The highest BCUT2D eigenvalue weighted by Crippen LogP contribution is 2.23. The molecule has 4 aromatic rings. The number of hydrogen-bond donors (Lipinski definition) is 2. The maximum atomic E-state index is 13.4. The second-order valence-electron chi connectivity index (χ2n) is 9.13. The molecule has 184 valence electrons. The Bertz CT molecular complexity index is 1420. The van der Waals surface area contributed by atoms with Gasteiger partial charge in [0.1, 0.15) is 5.82 Å². The molecule has 2 aromatic heterocycles. The van der Waals surface area contributed by atoms with Crippen LogP contribution in [0.4, 0.5) is 5.82 Å². The lowest BCUT2D eigenvalue weighted by atomic mass is 9.98. The van der Waals surface area contributed by atoms with Crippen molar-refractivity contribution in [2.75, 3.05) is 38.1 Å². The molecule has 8 heteroatoms. The third kappa shape index (κ3) is 5.12. The van der Waals surface area contributed by atoms with Crippen LogP contribution >= 0.6 is 11.6 Å². The normalized spacial score (nSPS) is 15.4. The van der Waals surface area contributed by atoms with Crippen molar-refractivity contribution >= 4 is 34.2 Å². The van der Waals surface area contributed by atoms with E-state index < -0.39 is 6.04 Å².